The fourth-order valence-corrected chi connectivity index (χ4v) is 3.43. The molecule has 0 aliphatic carbocycles. The maximum Gasteiger partial charge on any atom is 0.269 e. The van der Waals surface area contributed by atoms with Gasteiger partial charge in [-0.15, -0.1) is 0 Å². The zero-order chi connectivity index (χ0) is 15.4. The smallest absolute Gasteiger partial charge is 0.269 e. The van der Waals surface area contributed by atoms with E-state index in [9.17, 15) is 19.7 Å². The first-order valence-electron chi connectivity index (χ1n) is 6.98. The Morgan fingerprint density at radius 1 is 1.05 bits per heavy atom. The molecule has 112 valence electrons. The molecule has 3 heterocycles. The van der Waals surface area contributed by atoms with E-state index in [1.54, 1.807) is 12.1 Å². The highest BCUT2D eigenvalue weighted by Crippen LogP contribution is 2.45. The van der Waals surface area contributed by atoms with Crippen LogP contribution in [0.25, 0.3) is 0 Å². The Hall–Kier alpha value is -2.54. The average molecular weight is 300 g/mol. The minimum Gasteiger partial charge on any atom is -0.365 e. The third-order valence-electron chi connectivity index (χ3n) is 4.49. The van der Waals surface area contributed by atoms with Crippen molar-refractivity contribution in [2.45, 2.75) is 18.8 Å². The van der Waals surface area contributed by atoms with Crippen molar-refractivity contribution in [2.75, 3.05) is 0 Å². The Bertz CT molecular complexity index is 681. The number of benzene rings is 1. The third kappa shape index (κ3) is 1.72. The van der Waals surface area contributed by atoms with E-state index in [2.05, 4.69) is 0 Å². The van der Waals surface area contributed by atoms with Crippen LogP contribution in [0.1, 0.15) is 5.56 Å². The Kier molecular flexibility index (Phi) is 2.67. The number of amides is 2. The second-order valence-corrected chi connectivity index (χ2v) is 5.69. The summed E-state index contributed by atoms with van der Waals surface area (Å²) < 4.78 is 5.57. The number of imide groups is 1. The molecule has 7 heteroatoms. The number of hydrogen-bond acceptors (Lipinski definition) is 5. The van der Waals surface area contributed by atoms with Crippen molar-refractivity contribution in [1.82, 2.24) is 4.90 Å². The van der Waals surface area contributed by atoms with Gasteiger partial charge in [0, 0.05) is 12.1 Å². The summed E-state index contributed by atoms with van der Waals surface area (Å²) in [7, 11) is 0. The number of ether oxygens (including phenoxy) is 1. The second-order valence-electron chi connectivity index (χ2n) is 5.69. The normalized spacial score (nSPS) is 31.9. The first-order valence-corrected chi connectivity index (χ1v) is 6.98. The zero-order valence-electron chi connectivity index (χ0n) is 11.4. The molecule has 7 nitrogen and oxygen atoms in total. The molecule has 22 heavy (non-hydrogen) atoms. The number of nitro groups is 1. The van der Waals surface area contributed by atoms with Crippen LogP contribution in [0.5, 0.6) is 0 Å². The highest BCUT2D eigenvalue weighted by atomic mass is 16.6. The lowest BCUT2D eigenvalue weighted by molar-refractivity contribution is -0.384. The second kappa shape index (κ2) is 4.48. The van der Waals surface area contributed by atoms with Crippen molar-refractivity contribution in [3.8, 4) is 0 Å². The summed E-state index contributed by atoms with van der Waals surface area (Å²) in [6, 6.07) is 5.87. The molecular formula is C15H12N2O5. The Balaban J connectivity index is 1.56. The minimum absolute atomic E-state index is 0.0182. The molecule has 0 aromatic heterocycles. The molecule has 1 aromatic carbocycles. The number of likely N-dealkylation sites (tertiary alicyclic amines) is 1. The summed E-state index contributed by atoms with van der Waals surface area (Å²) in [4.78, 5) is 36.3. The van der Waals surface area contributed by atoms with Crippen LogP contribution in [0.4, 0.5) is 5.69 Å². The number of carbonyl (C=O) groups excluding carboxylic acids is 2. The van der Waals surface area contributed by atoms with Crippen molar-refractivity contribution in [2.24, 2.45) is 11.8 Å². The molecule has 2 saturated heterocycles. The van der Waals surface area contributed by atoms with Gasteiger partial charge in [0.05, 0.1) is 35.5 Å². The number of rotatable bonds is 3. The molecule has 2 bridgehead atoms. The first-order chi connectivity index (χ1) is 10.6. The van der Waals surface area contributed by atoms with E-state index in [1.807, 2.05) is 12.2 Å². The minimum atomic E-state index is -0.485. The molecule has 3 aliphatic rings. The summed E-state index contributed by atoms with van der Waals surface area (Å²) >= 11 is 0. The molecule has 4 rings (SSSR count). The van der Waals surface area contributed by atoms with Gasteiger partial charge in [-0.2, -0.15) is 0 Å². The van der Waals surface area contributed by atoms with Crippen LogP contribution in [-0.4, -0.2) is 33.8 Å². The highest BCUT2D eigenvalue weighted by Gasteiger charge is 2.60. The summed E-state index contributed by atoms with van der Waals surface area (Å²) in [5.41, 5.74) is 0.670. The quantitative estimate of drug-likeness (QED) is 0.360. The molecule has 0 saturated carbocycles. The van der Waals surface area contributed by atoms with Crippen LogP contribution in [0.2, 0.25) is 0 Å². The Morgan fingerprint density at radius 2 is 1.59 bits per heavy atom. The average Bonchev–Trinajstić information content (AvgIpc) is 3.17. The van der Waals surface area contributed by atoms with Gasteiger partial charge in [-0.05, 0) is 5.56 Å². The van der Waals surface area contributed by atoms with Crippen LogP contribution in [0, 0.1) is 22.0 Å². The van der Waals surface area contributed by atoms with Crippen molar-refractivity contribution in [3.05, 3.63) is 52.1 Å². The van der Waals surface area contributed by atoms with Crippen molar-refractivity contribution in [3.63, 3.8) is 0 Å². The molecule has 1 aromatic rings. The Labute approximate surface area is 125 Å². The zero-order valence-corrected chi connectivity index (χ0v) is 11.4. The molecule has 0 radical (unpaired) electrons. The standard InChI is InChI=1S/C15H12N2O5/c18-14-12-10-5-6-11(22-10)13(12)15(19)16(14)7-8-1-3-9(4-2-8)17(20)21/h1-6,10-13H,7H2/t10-,11+,12-,13+. The number of hydrogen-bond donors (Lipinski definition) is 0. The SMILES string of the molecule is O=C1[C@@H]2[C@H](C(=O)N1Cc1ccc([N+](=O)[O-])cc1)[C@H]1C=C[C@@H]2O1. The molecule has 2 amide bonds. The van der Waals surface area contributed by atoms with E-state index in [4.69, 9.17) is 4.74 Å². The van der Waals surface area contributed by atoms with Gasteiger partial charge < -0.3 is 4.74 Å². The van der Waals surface area contributed by atoms with Gasteiger partial charge in [-0.1, -0.05) is 24.3 Å². The van der Waals surface area contributed by atoms with E-state index in [0.29, 0.717) is 5.56 Å². The summed E-state index contributed by atoms with van der Waals surface area (Å²) in [5, 5.41) is 10.6. The monoisotopic (exact) mass is 300 g/mol. The van der Waals surface area contributed by atoms with Gasteiger partial charge >= 0.3 is 0 Å². The van der Waals surface area contributed by atoms with Crippen LogP contribution in [-0.2, 0) is 20.9 Å². The largest absolute Gasteiger partial charge is 0.365 e. The van der Waals surface area contributed by atoms with Gasteiger partial charge in [0.2, 0.25) is 11.8 Å². The predicted molar refractivity (Wildman–Crippen MR) is 73.4 cm³/mol. The summed E-state index contributed by atoms with van der Waals surface area (Å²) in [6.45, 7) is 0.141. The van der Waals surface area contributed by atoms with Crippen LogP contribution in [0.15, 0.2) is 36.4 Å². The molecule has 0 N–H and O–H groups in total. The maximum absolute atomic E-state index is 12.4. The fourth-order valence-electron chi connectivity index (χ4n) is 3.43. The van der Waals surface area contributed by atoms with E-state index in [-0.39, 0.29) is 36.3 Å². The summed E-state index contributed by atoms with van der Waals surface area (Å²) in [6.07, 6.45) is 3.08. The fraction of sp³-hybridized carbons (Fsp3) is 0.333. The summed E-state index contributed by atoms with van der Waals surface area (Å²) in [5.74, 6) is -1.27. The molecular weight excluding hydrogens is 288 g/mol. The van der Waals surface area contributed by atoms with Gasteiger partial charge in [0.25, 0.3) is 5.69 Å². The lowest BCUT2D eigenvalue weighted by Crippen LogP contribution is -2.33. The first kappa shape index (κ1) is 13.1. The van der Waals surface area contributed by atoms with Crippen molar-refractivity contribution in [1.29, 1.82) is 0 Å². The van der Waals surface area contributed by atoms with Crippen molar-refractivity contribution < 1.29 is 19.2 Å². The van der Waals surface area contributed by atoms with Crippen LogP contribution >= 0.6 is 0 Å². The van der Waals surface area contributed by atoms with Gasteiger partial charge in [0.15, 0.2) is 0 Å². The maximum atomic E-state index is 12.4. The van der Waals surface area contributed by atoms with E-state index in [0.717, 1.165) is 0 Å². The molecule has 0 spiro atoms. The van der Waals surface area contributed by atoms with E-state index >= 15 is 0 Å². The number of fused-ring (bicyclic) bond motifs is 5. The number of carbonyl (C=O) groups is 2. The lowest BCUT2D eigenvalue weighted by atomic mass is 9.85. The molecule has 2 fully saturated rings. The van der Waals surface area contributed by atoms with E-state index < -0.39 is 16.8 Å². The van der Waals surface area contributed by atoms with Crippen molar-refractivity contribution >= 4 is 17.5 Å². The van der Waals surface area contributed by atoms with Crippen LogP contribution in [0.3, 0.4) is 0 Å². The number of nitrogens with zero attached hydrogens (tertiary/aromatic N) is 2. The van der Waals surface area contributed by atoms with Crippen LogP contribution < -0.4 is 0 Å². The topological polar surface area (TPSA) is 89.8 Å². The van der Waals surface area contributed by atoms with Gasteiger partial charge in [-0.25, -0.2) is 0 Å². The Morgan fingerprint density at radius 3 is 2.09 bits per heavy atom. The van der Waals surface area contributed by atoms with Gasteiger partial charge in [0.1, 0.15) is 0 Å². The third-order valence-corrected chi connectivity index (χ3v) is 4.49. The molecule has 4 atom stereocenters. The number of nitro benzene ring substituents is 1. The van der Waals surface area contributed by atoms with E-state index in [1.165, 1.54) is 17.0 Å². The molecule has 0 unspecified atom stereocenters. The predicted octanol–water partition coefficient (Wildman–Crippen LogP) is 1.03. The van der Waals surface area contributed by atoms with Gasteiger partial charge in [-0.3, -0.25) is 24.6 Å². The number of non-ortho nitro benzene ring substituents is 1. The lowest BCUT2D eigenvalue weighted by Gasteiger charge is -2.17. The molecule has 3 aliphatic heterocycles. The highest BCUT2D eigenvalue weighted by molar-refractivity contribution is 6.06.